The fourth-order valence-corrected chi connectivity index (χ4v) is 2.04. The molecule has 104 valence electrons. The van der Waals surface area contributed by atoms with Gasteiger partial charge in [0, 0.05) is 10.6 Å². The lowest BCUT2D eigenvalue weighted by Crippen LogP contribution is -2.37. The molecule has 0 unspecified atom stereocenters. The predicted molar refractivity (Wildman–Crippen MR) is 73.6 cm³/mol. The van der Waals surface area contributed by atoms with E-state index in [4.69, 9.17) is 21.1 Å². The lowest BCUT2D eigenvalue weighted by Gasteiger charge is -2.26. The fraction of sp³-hybridized carbons (Fsp3) is 0.500. The van der Waals surface area contributed by atoms with E-state index in [1.807, 2.05) is 32.9 Å². The molecule has 0 spiro atoms. The van der Waals surface area contributed by atoms with Gasteiger partial charge in [0.1, 0.15) is 18.0 Å². The summed E-state index contributed by atoms with van der Waals surface area (Å²) in [5, 5.41) is 0.633. The monoisotopic (exact) mass is 283 g/mol. The molecule has 1 heterocycles. The zero-order valence-electron chi connectivity index (χ0n) is 11.4. The molecule has 1 aromatic carbocycles. The third-order valence-electron chi connectivity index (χ3n) is 2.65. The molecule has 5 heteroatoms. The van der Waals surface area contributed by atoms with Crippen LogP contribution in [0, 0.1) is 0 Å². The van der Waals surface area contributed by atoms with Crippen LogP contribution < -0.4 is 4.74 Å². The number of ether oxygens (including phenoxy) is 2. The van der Waals surface area contributed by atoms with Gasteiger partial charge in [0.25, 0.3) is 0 Å². The van der Waals surface area contributed by atoms with Crippen LogP contribution >= 0.6 is 11.6 Å². The number of carbonyl (C=O) groups excluding carboxylic acids is 1. The summed E-state index contributed by atoms with van der Waals surface area (Å²) in [4.78, 5) is 13.7. The molecule has 0 atom stereocenters. The highest BCUT2D eigenvalue weighted by atomic mass is 35.5. The smallest absolute Gasteiger partial charge is 0.410 e. The third-order valence-corrected chi connectivity index (χ3v) is 2.89. The molecule has 1 aromatic rings. The summed E-state index contributed by atoms with van der Waals surface area (Å²) in [6, 6.07) is 5.43. The van der Waals surface area contributed by atoms with Gasteiger partial charge in [-0.3, -0.25) is 0 Å². The molecule has 2 rings (SSSR count). The van der Waals surface area contributed by atoms with Gasteiger partial charge in [0.05, 0.1) is 13.1 Å². The second-order valence-electron chi connectivity index (χ2n) is 5.50. The van der Waals surface area contributed by atoms with E-state index in [2.05, 4.69) is 0 Å². The van der Waals surface area contributed by atoms with Gasteiger partial charge in [-0.25, -0.2) is 4.79 Å². The topological polar surface area (TPSA) is 38.8 Å². The average molecular weight is 284 g/mol. The molecule has 0 bridgehead atoms. The Bertz CT molecular complexity index is 482. The van der Waals surface area contributed by atoms with Crippen LogP contribution in [-0.2, 0) is 11.3 Å². The number of hydrogen-bond donors (Lipinski definition) is 0. The Morgan fingerprint density at radius 1 is 1.42 bits per heavy atom. The molecule has 0 aliphatic carbocycles. The maximum Gasteiger partial charge on any atom is 0.410 e. The number of benzene rings is 1. The van der Waals surface area contributed by atoms with Crippen LogP contribution in [0.5, 0.6) is 5.75 Å². The van der Waals surface area contributed by atoms with Crippen molar-refractivity contribution in [2.45, 2.75) is 32.9 Å². The summed E-state index contributed by atoms with van der Waals surface area (Å²) < 4.78 is 11.0. The summed E-state index contributed by atoms with van der Waals surface area (Å²) in [6.07, 6.45) is -0.330. The summed E-state index contributed by atoms with van der Waals surface area (Å²) in [7, 11) is 0. The van der Waals surface area contributed by atoms with E-state index < -0.39 is 5.60 Å². The molecule has 0 aromatic heterocycles. The van der Waals surface area contributed by atoms with Crippen LogP contribution in [0.4, 0.5) is 4.79 Å². The minimum atomic E-state index is -0.499. The van der Waals surface area contributed by atoms with E-state index in [0.717, 1.165) is 11.3 Å². The van der Waals surface area contributed by atoms with Crippen LogP contribution in [-0.4, -0.2) is 29.7 Å². The number of rotatable bonds is 0. The van der Waals surface area contributed by atoms with Gasteiger partial charge in [-0.1, -0.05) is 11.6 Å². The second-order valence-corrected chi connectivity index (χ2v) is 5.94. The highest BCUT2D eigenvalue weighted by Crippen LogP contribution is 2.26. The van der Waals surface area contributed by atoms with Crippen molar-refractivity contribution in [3.05, 3.63) is 28.8 Å². The van der Waals surface area contributed by atoms with Crippen LogP contribution in [0.15, 0.2) is 18.2 Å². The van der Waals surface area contributed by atoms with Crippen molar-refractivity contribution in [1.29, 1.82) is 0 Å². The molecule has 1 aliphatic heterocycles. The number of amides is 1. The first-order valence-electron chi connectivity index (χ1n) is 6.24. The van der Waals surface area contributed by atoms with Gasteiger partial charge >= 0.3 is 6.09 Å². The Balaban J connectivity index is 2.15. The van der Waals surface area contributed by atoms with Crippen molar-refractivity contribution in [2.75, 3.05) is 13.2 Å². The molecule has 19 heavy (non-hydrogen) atoms. The van der Waals surface area contributed by atoms with Crippen molar-refractivity contribution in [2.24, 2.45) is 0 Å². The van der Waals surface area contributed by atoms with Crippen molar-refractivity contribution in [3.8, 4) is 5.75 Å². The number of carbonyl (C=O) groups is 1. The van der Waals surface area contributed by atoms with E-state index in [1.165, 1.54) is 0 Å². The van der Waals surface area contributed by atoms with Gasteiger partial charge in [-0.15, -0.1) is 0 Å². The quantitative estimate of drug-likeness (QED) is 0.732. The molecule has 1 aliphatic rings. The standard InChI is InChI=1S/C14H18ClNO3/c1-14(2,3)19-13(17)16-6-7-18-12-5-4-11(15)8-10(12)9-16/h4-5,8H,6-7,9H2,1-3H3. The Labute approximate surface area is 118 Å². The van der Waals surface area contributed by atoms with Gasteiger partial charge in [0.2, 0.25) is 0 Å². The van der Waals surface area contributed by atoms with Crippen LogP contribution in [0.2, 0.25) is 5.02 Å². The van der Waals surface area contributed by atoms with Gasteiger partial charge in [-0.05, 0) is 39.0 Å². The van der Waals surface area contributed by atoms with Crippen molar-refractivity contribution in [1.82, 2.24) is 4.90 Å². The number of nitrogens with zero attached hydrogens (tertiary/aromatic N) is 1. The van der Waals surface area contributed by atoms with Crippen LogP contribution in [0.25, 0.3) is 0 Å². The Morgan fingerprint density at radius 3 is 2.84 bits per heavy atom. The average Bonchev–Trinajstić information content (AvgIpc) is 2.48. The van der Waals surface area contributed by atoms with E-state index in [1.54, 1.807) is 11.0 Å². The highest BCUT2D eigenvalue weighted by Gasteiger charge is 2.25. The first-order chi connectivity index (χ1) is 8.85. The molecule has 1 amide bonds. The first kappa shape index (κ1) is 14.0. The minimum Gasteiger partial charge on any atom is -0.491 e. The van der Waals surface area contributed by atoms with Gasteiger partial charge in [0.15, 0.2) is 0 Å². The molecular formula is C14H18ClNO3. The van der Waals surface area contributed by atoms with Gasteiger partial charge in [-0.2, -0.15) is 0 Å². The van der Waals surface area contributed by atoms with Crippen molar-refractivity contribution >= 4 is 17.7 Å². The molecule has 4 nitrogen and oxygen atoms in total. The number of fused-ring (bicyclic) bond motifs is 1. The lowest BCUT2D eigenvalue weighted by molar-refractivity contribution is 0.0225. The van der Waals surface area contributed by atoms with E-state index in [0.29, 0.717) is 24.7 Å². The van der Waals surface area contributed by atoms with Gasteiger partial charge < -0.3 is 14.4 Å². The summed E-state index contributed by atoms with van der Waals surface area (Å²) in [5.41, 5.74) is 0.400. The third kappa shape index (κ3) is 3.77. The molecule has 0 fully saturated rings. The Kier molecular flexibility index (Phi) is 3.90. The largest absolute Gasteiger partial charge is 0.491 e. The first-order valence-corrected chi connectivity index (χ1v) is 6.62. The summed E-state index contributed by atoms with van der Waals surface area (Å²) >= 11 is 5.97. The van der Waals surface area contributed by atoms with E-state index in [9.17, 15) is 4.79 Å². The minimum absolute atomic E-state index is 0.330. The molecular weight excluding hydrogens is 266 g/mol. The Morgan fingerprint density at radius 2 is 2.16 bits per heavy atom. The van der Waals surface area contributed by atoms with Crippen LogP contribution in [0.1, 0.15) is 26.3 Å². The molecule has 0 radical (unpaired) electrons. The zero-order valence-corrected chi connectivity index (χ0v) is 12.2. The van der Waals surface area contributed by atoms with Crippen molar-refractivity contribution < 1.29 is 14.3 Å². The second kappa shape index (κ2) is 5.29. The normalized spacial score (nSPS) is 15.3. The Hall–Kier alpha value is -1.42. The van der Waals surface area contributed by atoms with E-state index in [-0.39, 0.29) is 6.09 Å². The maximum atomic E-state index is 12.1. The molecule has 0 saturated heterocycles. The fourth-order valence-electron chi connectivity index (χ4n) is 1.85. The predicted octanol–water partition coefficient (Wildman–Crippen LogP) is 3.47. The summed E-state index contributed by atoms with van der Waals surface area (Å²) in [6.45, 7) is 6.96. The zero-order chi connectivity index (χ0) is 14.0. The number of hydrogen-bond acceptors (Lipinski definition) is 3. The highest BCUT2D eigenvalue weighted by molar-refractivity contribution is 6.30. The van der Waals surface area contributed by atoms with Crippen LogP contribution in [0.3, 0.4) is 0 Å². The van der Waals surface area contributed by atoms with Crippen molar-refractivity contribution in [3.63, 3.8) is 0 Å². The SMILES string of the molecule is CC(C)(C)OC(=O)N1CCOc2ccc(Cl)cc2C1. The lowest BCUT2D eigenvalue weighted by atomic mass is 10.2. The molecule has 0 saturated carbocycles. The maximum absolute atomic E-state index is 12.1. The number of halogens is 1. The molecule has 0 N–H and O–H groups in total. The van der Waals surface area contributed by atoms with E-state index >= 15 is 0 Å². The summed E-state index contributed by atoms with van der Waals surface area (Å²) in [5.74, 6) is 0.774.